The fourth-order valence-electron chi connectivity index (χ4n) is 3.56. The number of aromatic nitrogens is 3. The summed E-state index contributed by atoms with van der Waals surface area (Å²) in [6, 6.07) is 3.00. The minimum Gasteiger partial charge on any atom is -0.368 e. The summed E-state index contributed by atoms with van der Waals surface area (Å²) in [5, 5.41) is 7.08. The van der Waals surface area contributed by atoms with Gasteiger partial charge in [-0.2, -0.15) is 9.61 Å². The van der Waals surface area contributed by atoms with Crippen LogP contribution in [0, 0.1) is 0 Å². The van der Waals surface area contributed by atoms with Crippen molar-refractivity contribution in [3.8, 4) is 0 Å². The maximum Gasteiger partial charge on any atom is 0.252 e. The van der Waals surface area contributed by atoms with Crippen LogP contribution < -0.4 is 5.32 Å². The van der Waals surface area contributed by atoms with Gasteiger partial charge in [-0.05, 0) is 38.2 Å². The smallest absolute Gasteiger partial charge is 0.252 e. The topological polar surface area (TPSA) is 88.8 Å². The molecule has 2 aliphatic heterocycles. The molecule has 0 spiro atoms. The molecule has 4 rings (SSSR count). The second kappa shape index (κ2) is 6.79. The van der Waals surface area contributed by atoms with Crippen LogP contribution in [0.5, 0.6) is 0 Å². The normalized spacial score (nSPS) is 23.8. The molecule has 0 aromatic carbocycles. The number of piperidine rings is 1. The number of carbonyl (C=O) groups excluding carboxylic acids is 2. The number of nitrogens with one attached hydrogen (secondary N) is 1. The number of nitrogens with zero attached hydrogens (tertiary/aromatic N) is 4. The van der Waals surface area contributed by atoms with Crippen LogP contribution in [-0.2, 0) is 14.3 Å². The Morgan fingerprint density at radius 2 is 2.08 bits per heavy atom. The Bertz CT molecular complexity index is 783. The highest BCUT2D eigenvalue weighted by atomic mass is 16.5. The van der Waals surface area contributed by atoms with Crippen LogP contribution in [-0.4, -0.2) is 56.6 Å². The molecule has 1 N–H and O–H groups in total. The Morgan fingerprint density at radius 3 is 2.92 bits per heavy atom. The molecule has 0 bridgehead atoms. The molecule has 0 aliphatic carbocycles. The van der Waals surface area contributed by atoms with Gasteiger partial charge in [-0.15, -0.1) is 0 Å². The van der Waals surface area contributed by atoms with E-state index in [2.05, 4.69) is 15.4 Å². The second-order valence-corrected chi connectivity index (χ2v) is 6.47. The summed E-state index contributed by atoms with van der Waals surface area (Å²) in [5.41, 5.74) is 0.661. The van der Waals surface area contributed by atoms with Gasteiger partial charge in [0.2, 0.25) is 5.91 Å². The molecule has 0 saturated carbocycles. The minimum absolute atomic E-state index is 0.0590. The Balaban J connectivity index is 1.52. The number of rotatable bonds is 3. The molecule has 0 unspecified atom stereocenters. The maximum atomic E-state index is 12.9. The first-order valence-corrected chi connectivity index (χ1v) is 8.76. The van der Waals surface area contributed by atoms with Gasteiger partial charge in [0.25, 0.3) is 5.91 Å². The van der Waals surface area contributed by atoms with Gasteiger partial charge in [0.1, 0.15) is 18.0 Å². The summed E-state index contributed by atoms with van der Waals surface area (Å²) in [6.45, 7) is 1.22. The molecular formula is C17H21N5O3. The Hall–Kier alpha value is -2.48. The first kappa shape index (κ1) is 16.0. The first-order valence-electron chi connectivity index (χ1n) is 8.76. The average molecular weight is 343 g/mol. The fourth-order valence-corrected chi connectivity index (χ4v) is 3.56. The molecule has 8 nitrogen and oxygen atoms in total. The van der Waals surface area contributed by atoms with Crippen molar-refractivity contribution in [2.45, 2.75) is 44.2 Å². The van der Waals surface area contributed by atoms with Gasteiger partial charge in [0.15, 0.2) is 5.65 Å². The van der Waals surface area contributed by atoms with E-state index in [1.54, 1.807) is 33.9 Å². The average Bonchev–Trinajstić information content (AvgIpc) is 3.33. The van der Waals surface area contributed by atoms with E-state index >= 15 is 0 Å². The van der Waals surface area contributed by atoms with Crippen molar-refractivity contribution in [3.05, 3.63) is 24.5 Å². The number of amides is 2. The Morgan fingerprint density at radius 1 is 1.16 bits per heavy atom. The summed E-state index contributed by atoms with van der Waals surface area (Å²) < 4.78 is 7.09. The highest BCUT2D eigenvalue weighted by Gasteiger charge is 2.37. The largest absolute Gasteiger partial charge is 0.368 e. The molecule has 4 heterocycles. The Labute approximate surface area is 145 Å². The molecule has 0 radical (unpaired) electrons. The number of fused-ring (bicyclic) bond motifs is 1. The van der Waals surface area contributed by atoms with Gasteiger partial charge >= 0.3 is 0 Å². The molecule has 2 aliphatic rings. The van der Waals surface area contributed by atoms with E-state index in [0.717, 1.165) is 25.7 Å². The SMILES string of the molecule is O=C(Nc1ccnc2ccnn12)[C@@H]1CCCCN1C(=O)[C@@H]1CCCO1. The molecule has 2 aromatic rings. The van der Waals surface area contributed by atoms with Crippen LogP contribution in [0.15, 0.2) is 24.5 Å². The summed E-state index contributed by atoms with van der Waals surface area (Å²) >= 11 is 0. The third kappa shape index (κ3) is 3.09. The molecular weight excluding hydrogens is 322 g/mol. The zero-order valence-corrected chi connectivity index (χ0v) is 13.9. The van der Waals surface area contributed by atoms with Crippen molar-refractivity contribution >= 4 is 23.3 Å². The molecule has 132 valence electrons. The molecule has 2 saturated heterocycles. The minimum atomic E-state index is -0.468. The predicted molar refractivity (Wildman–Crippen MR) is 89.9 cm³/mol. The number of carbonyl (C=O) groups is 2. The van der Waals surface area contributed by atoms with Crippen LogP contribution in [0.1, 0.15) is 32.1 Å². The van der Waals surface area contributed by atoms with Crippen molar-refractivity contribution in [2.75, 3.05) is 18.5 Å². The van der Waals surface area contributed by atoms with Crippen LogP contribution in [0.3, 0.4) is 0 Å². The van der Waals surface area contributed by atoms with Crippen LogP contribution >= 0.6 is 0 Å². The lowest BCUT2D eigenvalue weighted by Gasteiger charge is -2.36. The second-order valence-electron chi connectivity index (χ2n) is 6.47. The van der Waals surface area contributed by atoms with Crippen molar-refractivity contribution in [1.29, 1.82) is 0 Å². The highest BCUT2D eigenvalue weighted by molar-refractivity contribution is 5.97. The van der Waals surface area contributed by atoms with E-state index in [4.69, 9.17) is 4.74 Å². The van der Waals surface area contributed by atoms with Crippen LogP contribution in [0.4, 0.5) is 5.82 Å². The summed E-state index contributed by atoms with van der Waals surface area (Å²) in [7, 11) is 0. The highest BCUT2D eigenvalue weighted by Crippen LogP contribution is 2.23. The number of likely N-dealkylation sites (tertiary alicyclic amines) is 1. The van der Waals surface area contributed by atoms with Gasteiger partial charge in [-0.1, -0.05) is 0 Å². The fraction of sp³-hybridized carbons (Fsp3) is 0.529. The van der Waals surface area contributed by atoms with Crippen LogP contribution in [0.2, 0.25) is 0 Å². The van der Waals surface area contributed by atoms with Crippen LogP contribution in [0.25, 0.3) is 5.65 Å². The first-order chi connectivity index (χ1) is 12.2. The molecule has 25 heavy (non-hydrogen) atoms. The molecule has 8 heteroatoms. The summed E-state index contributed by atoms with van der Waals surface area (Å²) in [4.78, 5) is 31.5. The lowest BCUT2D eigenvalue weighted by Crippen LogP contribution is -2.53. The van der Waals surface area contributed by atoms with E-state index < -0.39 is 12.1 Å². The number of anilines is 1. The third-order valence-corrected chi connectivity index (χ3v) is 4.84. The summed E-state index contributed by atoms with van der Waals surface area (Å²) in [5.74, 6) is 0.306. The van der Waals surface area contributed by atoms with Gasteiger partial charge in [0, 0.05) is 25.4 Å². The van der Waals surface area contributed by atoms with E-state index in [0.29, 0.717) is 31.0 Å². The van der Waals surface area contributed by atoms with Gasteiger partial charge < -0.3 is 15.0 Å². The standard InChI is InChI=1S/C17H21N5O3/c23-16(20-15-6-8-18-14-7-9-19-22(14)15)12-4-1-2-10-21(12)17(24)13-5-3-11-25-13/h6-9,12-13H,1-5,10-11H2,(H,20,23)/t12-,13-/m0/s1. The van der Waals surface area contributed by atoms with Crippen molar-refractivity contribution in [1.82, 2.24) is 19.5 Å². The van der Waals surface area contributed by atoms with Crippen molar-refractivity contribution in [3.63, 3.8) is 0 Å². The molecule has 2 aromatic heterocycles. The molecule has 2 amide bonds. The van der Waals surface area contributed by atoms with E-state index in [1.807, 2.05) is 0 Å². The van der Waals surface area contributed by atoms with Gasteiger partial charge in [0.05, 0.1) is 6.20 Å². The number of ether oxygens (including phenoxy) is 1. The van der Waals surface area contributed by atoms with E-state index in [1.165, 1.54) is 0 Å². The zero-order chi connectivity index (χ0) is 17.2. The number of hydrogen-bond acceptors (Lipinski definition) is 5. The molecule has 2 fully saturated rings. The monoisotopic (exact) mass is 343 g/mol. The quantitative estimate of drug-likeness (QED) is 0.905. The maximum absolute atomic E-state index is 12.9. The van der Waals surface area contributed by atoms with E-state index in [-0.39, 0.29) is 11.8 Å². The Kier molecular flexibility index (Phi) is 4.35. The van der Waals surface area contributed by atoms with Crippen molar-refractivity contribution < 1.29 is 14.3 Å². The zero-order valence-electron chi connectivity index (χ0n) is 13.9. The number of hydrogen-bond donors (Lipinski definition) is 1. The van der Waals surface area contributed by atoms with Gasteiger partial charge in [-0.3, -0.25) is 9.59 Å². The lowest BCUT2D eigenvalue weighted by molar-refractivity contribution is -0.148. The van der Waals surface area contributed by atoms with Crippen molar-refractivity contribution in [2.24, 2.45) is 0 Å². The van der Waals surface area contributed by atoms with Gasteiger partial charge in [-0.25, -0.2) is 4.98 Å². The predicted octanol–water partition coefficient (Wildman–Crippen LogP) is 1.23. The summed E-state index contributed by atoms with van der Waals surface area (Å²) in [6.07, 6.45) is 7.01. The lowest BCUT2D eigenvalue weighted by atomic mass is 10.00. The third-order valence-electron chi connectivity index (χ3n) is 4.84. The van der Waals surface area contributed by atoms with E-state index in [9.17, 15) is 9.59 Å². The molecule has 2 atom stereocenters.